The van der Waals surface area contributed by atoms with Crippen LogP contribution in [0.15, 0.2) is 54.6 Å². The number of nitrogens with one attached hydrogen (secondary N) is 3. The first kappa shape index (κ1) is 37.6. The molecule has 0 radical (unpaired) electrons. The van der Waals surface area contributed by atoms with Crippen LogP contribution in [0.1, 0.15) is 89.7 Å². The zero-order valence-electron chi connectivity index (χ0n) is 30.4. The second-order valence-corrected chi connectivity index (χ2v) is 15.7. The molecule has 2 aromatic carbocycles. The van der Waals surface area contributed by atoms with Crippen molar-refractivity contribution in [2.45, 2.75) is 121 Å². The Hall–Kier alpha value is -3.63. The Balaban J connectivity index is 1.27. The maximum absolute atomic E-state index is 14.0. The lowest BCUT2D eigenvalue weighted by Gasteiger charge is -2.47. The summed E-state index contributed by atoms with van der Waals surface area (Å²) < 4.78 is 10.7. The second-order valence-electron chi connectivity index (χ2n) is 15.7. The third kappa shape index (κ3) is 10.7. The molecule has 10 nitrogen and oxygen atoms in total. The normalized spacial score (nSPS) is 25.3. The number of aliphatic hydroxyl groups is 1. The van der Waals surface area contributed by atoms with E-state index in [-0.39, 0.29) is 42.6 Å². The summed E-state index contributed by atoms with van der Waals surface area (Å²) in [5.41, 5.74) is 1.48. The zero-order valence-corrected chi connectivity index (χ0v) is 30.4. The van der Waals surface area contributed by atoms with Crippen LogP contribution in [0.5, 0.6) is 5.75 Å². The van der Waals surface area contributed by atoms with Gasteiger partial charge in [-0.1, -0.05) is 74.6 Å². The third-order valence-corrected chi connectivity index (χ3v) is 10.8. The van der Waals surface area contributed by atoms with E-state index in [9.17, 15) is 19.5 Å². The van der Waals surface area contributed by atoms with Gasteiger partial charge in [0.25, 0.3) is 0 Å². The summed E-state index contributed by atoms with van der Waals surface area (Å²) >= 11 is 0. The molecule has 10 heteroatoms. The summed E-state index contributed by atoms with van der Waals surface area (Å²) in [6.45, 7) is 7.15. The fourth-order valence-corrected chi connectivity index (χ4v) is 8.12. The maximum atomic E-state index is 14.0. The van der Waals surface area contributed by atoms with Crippen molar-refractivity contribution in [2.24, 2.45) is 17.8 Å². The molecule has 4 N–H and O–H groups in total. The molecule has 274 valence electrons. The Morgan fingerprint density at radius 1 is 0.880 bits per heavy atom. The van der Waals surface area contributed by atoms with Crippen molar-refractivity contribution in [3.8, 4) is 5.75 Å². The zero-order chi connectivity index (χ0) is 35.7. The van der Waals surface area contributed by atoms with E-state index in [0.717, 1.165) is 55.5 Å². The smallest absolute Gasteiger partial charge is 0.407 e. The number of methoxy groups -OCH3 is 1. The Morgan fingerprint density at radius 2 is 1.56 bits per heavy atom. The van der Waals surface area contributed by atoms with Crippen LogP contribution in [0, 0.1) is 17.8 Å². The summed E-state index contributed by atoms with van der Waals surface area (Å²) in [5, 5.41) is 21.3. The predicted molar refractivity (Wildman–Crippen MR) is 193 cm³/mol. The van der Waals surface area contributed by atoms with Gasteiger partial charge in [-0.2, -0.15) is 0 Å². The molecule has 0 bridgehead atoms. The minimum Gasteiger partial charge on any atom is -0.497 e. The van der Waals surface area contributed by atoms with Crippen molar-refractivity contribution in [1.82, 2.24) is 20.9 Å². The van der Waals surface area contributed by atoms with Crippen molar-refractivity contribution in [3.05, 3.63) is 65.7 Å². The van der Waals surface area contributed by atoms with Crippen LogP contribution in [0.3, 0.4) is 0 Å². The summed E-state index contributed by atoms with van der Waals surface area (Å²) in [6, 6.07) is 15.9. The van der Waals surface area contributed by atoms with Crippen molar-refractivity contribution in [1.29, 1.82) is 0 Å². The van der Waals surface area contributed by atoms with E-state index in [2.05, 4.69) is 20.9 Å². The van der Waals surface area contributed by atoms with E-state index >= 15 is 0 Å². The monoisotopic (exact) mass is 690 g/mol. The van der Waals surface area contributed by atoms with Gasteiger partial charge in [0.2, 0.25) is 11.8 Å². The van der Waals surface area contributed by atoms with Crippen molar-refractivity contribution in [3.63, 3.8) is 0 Å². The first-order valence-corrected chi connectivity index (χ1v) is 18.6. The number of hydrogen-bond acceptors (Lipinski definition) is 7. The van der Waals surface area contributed by atoms with Crippen LogP contribution in [0.4, 0.5) is 4.79 Å². The molecule has 2 aliphatic carbocycles. The predicted octanol–water partition coefficient (Wildman–Crippen LogP) is 5.36. The summed E-state index contributed by atoms with van der Waals surface area (Å²) in [5.74, 6) is 1.13. The molecule has 50 heavy (non-hydrogen) atoms. The Bertz CT molecular complexity index is 1400. The molecular weight excluding hydrogens is 632 g/mol. The fraction of sp³-hybridized carbons (Fsp3) is 0.625. The van der Waals surface area contributed by atoms with Crippen LogP contribution >= 0.6 is 0 Å². The molecule has 5 rings (SSSR count). The van der Waals surface area contributed by atoms with Crippen LogP contribution in [0.2, 0.25) is 0 Å². The van der Waals surface area contributed by atoms with Gasteiger partial charge < -0.3 is 30.5 Å². The van der Waals surface area contributed by atoms with E-state index in [1.54, 1.807) is 7.11 Å². The molecule has 2 saturated carbocycles. The average Bonchev–Trinajstić information content (AvgIpc) is 3.10. The number of β-amino-alcohol motifs (C(OH)–C–C–N with tert-alkyl or cyclic N) is 1. The van der Waals surface area contributed by atoms with Crippen molar-refractivity contribution in [2.75, 3.05) is 20.2 Å². The number of alkyl carbamates (subject to hydrolysis) is 1. The Labute approximate surface area is 298 Å². The summed E-state index contributed by atoms with van der Waals surface area (Å²) in [6.07, 6.45) is 7.56. The third-order valence-electron chi connectivity index (χ3n) is 10.8. The minimum absolute atomic E-state index is 0.00682. The van der Waals surface area contributed by atoms with Crippen LogP contribution in [0.25, 0.3) is 0 Å². The molecule has 1 saturated heterocycles. The number of benzene rings is 2. The number of fused-ring (bicyclic) bond motifs is 1. The minimum atomic E-state index is -0.909. The van der Waals surface area contributed by atoms with Gasteiger partial charge in [0, 0.05) is 24.7 Å². The number of hydrogen-bond donors (Lipinski definition) is 4. The number of rotatable bonds is 12. The number of carbonyl (C=O) groups excluding carboxylic acids is 3. The van der Waals surface area contributed by atoms with Crippen LogP contribution < -0.4 is 20.7 Å². The second kappa shape index (κ2) is 17.5. The van der Waals surface area contributed by atoms with E-state index in [0.29, 0.717) is 31.1 Å². The Morgan fingerprint density at radius 3 is 2.26 bits per heavy atom. The number of amides is 3. The van der Waals surface area contributed by atoms with E-state index in [1.807, 2.05) is 75.4 Å². The van der Waals surface area contributed by atoms with E-state index in [1.165, 1.54) is 12.8 Å². The standard InChI is InChI=1S/C40H58N4O6/c1-40(2,3)43-38(47)35-23-29-14-8-9-15-30(29)24-44(35)25-36(45)34(22-27-12-6-5-7-13-27)41-37(46)32-16-10-11-17-33(32)42-39(48)50-26-28-18-20-31(49-4)21-19-28/h5-7,12-13,18-21,29-30,32-36,45H,8-11,14-17,22-26H2,1-4H3,(H,41,46)(H,42,48)(H,43,47)/t29?,30?,32?,33?,34-,35-,36?/m0/s1. The Kier molecular flexibility index (Phi) is 13.2. The lowest BCUT2D eigenvalue weighted by molar-refractivity contribution is -0.134. The molecule has 3 amide bonds. The largest absolute Gasteiger partial charge is 0.497 e. The summed E-state index contributed by atoms with van der Waals surface area (Å²) in [7, 11) is 1.60. The van der Waals surface area contributed by atoms with Crippen LogP contribution in [-0.2, 0) is 27.4 Å². The molecule has 0 aromatic heterocycles. The lowest BCUT2D eigenvalue weighted by Crippen LogP contribution is -2.60. The SMILES string of the molecule is COc1ccc(COC(=O)NC2CCCCC2C(=O)N[C@@H](Cc2ccccc2)C(O)CN2CC3CCCCC3C[C@H]2C(=O)NC(C)(C)C)cc1. The van der Waals surface area contributed by atoms with Gasteiger partial charge >= 0.3 is 6.09 Å². The summed E-state index contributed by atoms with van der Waals surface area (Å²) in [4.78, 5) is 42.7. The van der Waals surface area contributed by atoms with Gasteiger partial charge in [-0.25, -0.2) is 4.79 Å². The number of likely N-dealkylation sites (tertiary alicyclic amines) is 1. The molecule has 0 spiro atoms. The van der Waals surface area contributed by atoms with Crippen molar-refractivity contribution < 1.29 is 29.0 Å². The average molecular weight is 691 g/mol. The first-order valence-electron chi connectivity index (χ1n) is 18.6. The van der Waals surface area contributed by atoms with Gasteiger partial charge in [-0.3, -0.25) is 14.5 Å². The highest BCUT2D eigenvalue weighted by Gasteiger charge is 2.42. The maximum Gasteiger partial charge on any atom is 0.407 e. The van der Waals surface area contributed by atoms with E-state index < -0.39 is 24.2 Å². The van der Waals surface area contributed by atoms with Gasteiger partial charge in [0.1, 0.15) is 12.4 Å². The highest BCUT2D eigenvalue weighted by Crippen LogP contribution is 2.39. The highest BCUT2D eigenvalue weighted by molar-refractivity contribution is 5.82. The van der Waals surface area contributed by atoms with Gasteiger partial charge in [0.15, 0.2) is 0 Å². The quantitative estimate of drug-likeness (QED) is 0.236. The molecule has 7 atom stereocenters. The molecule has 5 unspecified atom stereocenters. The molecule has 3 aliphatic rings. The number of carbonyl (C=O) groups is 3. The lowest BCUT2D eigenvalue weighted by atomic mass is 9.72. The van der Waals surface area contributed by atoms with Gasteiger partial charge in [0.05, 0.1) is 31.2 Å². The molecule has 1 heterocycles. The number of aliphatic hydroxyl groups excluding tert-OH is 1. The topological polar surface area (TPSA) is 129 Å². The molecule has 2 aromatic rings. The number of piperidine rings is 1. The number of ether oxygens (including phenoxy) is 2. The molecule has 1 aliphatic heterocycles. The first-order chi connectivity index (χ1) is 24.0. The number of nitrogens with zero attached hydrogens (tertiary/aromatic N) is 1. The highest BCUT2D eigenvalue weighted by atomic mass is 16.5. The van der Waals surface area contributed by atoms with Gasteiger partial charge in [-0.15, -0.1) is 0 Å². The van der Waals surface area contributed by atoms with Gasteiger partial charge in [-0.05, 0) is 88.0 Å². The van der Waals surface area contributed by atoms with Crippen molar-refractivity contribution >= 4 is 17.9 Å². The fourth-order valence-electron chi connectivity index (χ4n) is 8.12. The molecular formula is C40H58N4O6. The molecule has 3 fully saturated rings. The van der Waals surface area contributed by atoms with Crippen LogP contribution in [-0.4, -0.2) is 77.9 Å². The van der Waals surface area contributed by atoms with E-state index in [4.69, 9.17) is 9.47 Å².